The molecule has 28 heavy (non-hydrogen) atoms. The molecule has 0 saturated heterocycles. The number of rotatable bonds is 8. The minimum atomic E-state index is -0.972. The Bertz CT molecular complexity index is 875. The summed E-state index contributed by atoms with van der Waals surface area (Å²) >= 11 is 3.40. The highest BCUT2D eigenvalue weighted by molar-refractivity contribution is 9.10. The second-order valence-corrected chi connectivity index (χ2v) is 7.20. The number of primary amides is 1. The van der Waals surface area contributed by atoms with Gasteiger partial charge in [0.1, 0.15) is 17.9 Å². The van der Waals surface area contributed by atoms with Crippen molar-refractivity contribution in [1.29, 1.82) is 0 Å². The van der Waals surface area contributed by atoms with Gasteiger partial charge >= 0.3 is 0 Å². The molecule has 0 fully saturated rings. The summed E-state index contributed by atoms with van der Waals surface area (Å²) < 4.78 is 14.2. The van der Waals surface area contributed by atoms with E-state index in [4.69, 9.17) is 5.73 Å². The Morgan fingerprint density at radius 3 is 2.36 bits per heavy atom. The van der Waals surface area contributed by atoms with E-state index in [0.29, 0.717) is 5.56 Å². The van der Waals surface area contributed by atoms with Gasteiger partial charge < -0.3 is 16.4 Å². The third-order valence-electron chi connectivity index (χ3n) is 4.06. The summed E-state index contributed by atoms with van der Waals surface area (Å²) in [5.74, 6) is -2.13. The first-order chi connectivity index (χ1) is 13.3. The minimum absolute atomic E-state index is 0.0731. The van der Waals surface area contributed by atoms with Crippen LogP contribution in [0, 0.1) is 5.82 Å². The van der Waals surface area contributed by atoms with Crippen LogP contribution >= 0.6 is 15.9 Å². The van der Waals surface area contributed by atoms with Crippen molar-refractivity contribution >= 4 is 33.7 Å². The third kappa shape index (κ3) is 6.45. The summed E-state index contributed by atoms with van der Waals surface area (Å²) in [5, 5.41) is 5.12. The number of hydrogen-bond donors (Lipinski definition) is 3. The number of carbonyl (C=O) groups excluding carboxylic acids is 3. The fraction of sp³-hybridized carbons (Fsp3) is 0.250. The molecule has 2 aromatic carbocycles. The summed E-state index contributed by atoms with van der Waals surface area (Å²) in [4.78, 5) is 36.1. The first-order valence-corrected chi connectivity index (χ1v) is 9.40. The van der Waals surface area contributed by atoms with Crippen LogP contribution in [0.1, 0.15) is 18.1 Å². The Morgan fingerprint density at radius 2 is 1.75 bits per heavy atom. The molecule has 0 bridgehead atoms. The largest absolute Gasteiger partial charge is 0.368 e. The molecular weight excluding hydrogens is 429 g/mol. The van der Waals surface area contributed by atoms with Crippen LogP contribution in [0.3, 0.4) is 0 Å². The van der Waals surface area contributed by atoms with Crippen molar-refractivity contribution in [2.24, 2.45) is 5.73 Å². The molecule has 0 radical (unpaired) electrons. The van der Waals surface area contributed by atoms with E-state index < -0.39 is 35.6 Å². The monoisotopic (exact) mass is 449 g/mol. The van der Waals surface area contributed by atoms with Crippen molar-refractivity contribution in [3.05, 3.63) is 69.9 Å². The second-order valence-electron chi connectivity index (χ2n) is 6.35. The maximum Gasteiger partial charge on any atom is 0.243 e. The Labute approximate surface area is 170 Å². The molecule has 0 aromatic heterocycles. The molecule has 2 rings (SSSR count). The highest BCUT2D eigenvalue weighted by atomic mass is 79.9. The first-order valence-electron chi connectivity index (χ1n) is 8.61. The number of amides is 3. The minimum Gasteiger partial charge on any atom is -0.368 e. The maximum atomic E-state index is 13.4. The average Bonchev–Trinajstić information content (AvgIpc) is 2.61. The zero-order valence-electron chi connectivity index (χ0n) is 15.2. The van der Waals surface area contributed by atoms with Crippen molar-refractivity contribution in [2.45, 2.75) is 31.8 Å². The topological polar surface area (TPSA) is 101 Å². The van der Waals surface area contributed by atoms with E-state index >= 15 is 0 Å². The molecule has 0 aliphatic rings. The van der Waals surface area contributed by atoms with Crippen LogP contribution in [0.15, 0.2) is 53.0 Å². The van der Waals surface area contributed by atoms with Gasteiger partial charge in [-0.15, -0.1) is 0 Å². The first kappa shape index (κ1) is 21.6. The van der Waals surface area contributed by atoms with E-state index in [1.807, 2.05) is 24.3 Å². The molecule has 4 N–H and O–H groups in total. The lowest BCUT2D eigenvalue weighted by atomic mass is 10.0. The molecule has 0 saturated carbocycles. The van der Waals surface area contributed by atoms with E-state index in [9.17, 15) is 18.8 Å². The lowest BCUT2D eigenvalue weighted by Gasteiger charge is -2.22. The average molecular weight is 450 g/mol. The van der Waals surface area contributed by atoms with Crippen molar-refractivity contribution in [3.8, 4) is 0 Å². The van der Waals surface area contributed by atoms with Gasteiger partial charge in [0.25, 0.3) is 0 Å². The van der Waals surface area contributed by atoms with Crippen LogP contribution in [0.5, 0.6) is 0 Å². The van der Waals surface area contributed by atoms with E-state index in [-0.39, 0.29) is 12.8 Å². The van der Waals surface area contributed by atoms with Crippen molar-refractivity contribution in [1.82, 2.24) is 10.6 Å². The van der Waals surface area contributed by atoms with E-state index in [2.05, 4.69) is 26.6 Å². The summed E-state index contributed by atoms with van der Waals surface area (Å²) in [6.45, 7) is 1.28. The second kappa shape index (κ2) is 9.98. The van der Waals surface area contributed by atoms with Crippen LogP contribution < -0.4 is 16.4 Å². The zero-order chi connectivity index (χ0) is 20.7. The van der Waals surface area contributed by atoms with Gasteiger partial charge in [0.05, 0.1) is 0 Å². The Morgan fingerprint density at radius 1 is 1.04 bits per heavy atom. The van der Waals surface area contributed by atoms with Gasteiger partial charge in [-0.3, -0.25) is 14.4 Å². The van der Waals surface area contributed by atoms with Crippen molar-refractivity contribution in [3.63, 3.8) is 0 Å². The summed E-state index contributed by atoms with van der Waals surface area (Å²) in [7, 11) is 0. The predicted octanol–water partition coefficient (Wildman–Crippen LogP) is 1.85. The number of halogens is 2. The maximum absolute atomic E-state index is 13.4. The van der Waals surface area contributed by atoms with Crippen LogP contribution in [-0.4, -0.2) is 29.8 Å². The molecule has 6 nitrogen and oxygen atoms in total. The van der Waals surface area contributed by atoms with Gasteiger partial charge in [0.2, 0.25) is 17.7 Å². The lowest BCUT2D eigenvalue weighted by molar-refractivity contribution is -0.130. The fourth-order valence-corrected chi connectivity index (χ4v) is 3.18. The van der Waals surface area contributed by atoms with Gasteiger partial charge in [0.15, 0.2) is 0 Å². The number of hydrogen-bond acceptors (Lipinski definition) is 3. The molecule has 0 unspecified atom stereocenters. The van der Waals surface area contributed by atoms with Crippen LogP contribution in [-0.2, 0) is 27.2 Å². The molecule has 3 amide bonds. The smallest absolute Gasteiger partial charge is 0.243 e. The van der Waals surface area contributed by atoms with Crippen LogP contribution in [0.4, 0.5) is 4.39 Å². The zero-order valence-corrected chi connectivity index (χ0v) is 16.8. The molecule has 0 spiro atoms. The fourth-order valence-electron chi connectivity index (χ4n) is 2.73. The molecule has 2 aromatic rings. The van der Waals surface area contributed by atoms with Gasteiger partial charge in [-0.2, -0.15) is 0 Å². The quantitative estimate of drug-likeness (QED) is 0.572. The number of benzene rings is 2. The summed E-state index contributed by atoms with van der Waals surface area (Å²) in [5.41, 5.74) is 6.79. The molecule has 148 valence electrons. The Balaban J connectivity index is 2.15. The van der Waals surface area contributed by atoms with Gasteiger partial charge in [-0.05, 0) is 29.3 Å². The lowest BCUT2D eigenvalue weighted by Crippen LogP contribution is -2.54. The Hall–Kier alpha value is -2.74. The van der Waals surface area contributed by atoms with Crippen molar-refractivity contribution in [2.75, 3.05) is 0 Å². The van der Waals surface area contributed by atoms with Gasteiger partial charge in [-0.25, -0.2) is 4.39 Å². The summed E-state index contributed by atoms with van der Waals surface area (Å²) in [6.07, 6.45) is 0.263. The molecular formula is C20H21BrFN3O3. The molecule has 8 heteroatoms. The standard InChI is InChI=1S/C20H21BrFN3O3/c1-12(26)24-18(10-13-5-4-7-15(22)9-13)20(28)25-17(19(23)27)11-14-6-2-3-8-16(14)21/h2-9,17-18H,10-11H2,1H3,(H2,23,27)(H,24,26)(H,25,28)/t17-,18+/m0/s1. The highest BCUT2D eigenvalue weighted by Crippen LogP contribution is 2.17. The number of carbonyl (C=O) groups is 3. The highest BCUT2D eigenvalue weighted by Gasteiger charge is 2.26. The predicted molar refractivity (Wildman–Crippen MR) is 107 cm³/mol. The van der Waals surface area contributed by atoms with E-state index in [1.54, 1.807) is 6.07 Å². The molecule has 0 heterocycles. The van der Waals surface area contributed by atoms with Gasteiger partial charge in [-0.1, -0.05) is 46.3 Å². The number of nitrogens with one attached hydrogen (secondary N) is 2. The number of nitrogens with two attached hydrogens (primary N) is 1. The van der Waals surface area contributed by atoms with Crippen molar-refractivity contribution < 1.29 is 18.8 Å². The van der Waals surface area contributed by atoms with Crippen LogP contribution in [0.2, 0.25) is 0 Å². The van der Waals surface area contributed by atoms with E-state index in [1.165, 1.54) is 25.1 Å². The molecule has 0 aliphatic heterocycles. The van der Waals surface area contributed by atoms with E-state index in [0.717, 1.165) is 10.0 Å². The summed E-state index contributed by atoms with van der Waals surface area (Å²) in [6, 6.07) is 11.1. The van der Waals surface area contributed by atoms with Gasteiger partial charge in [0, 0.05) is 24.2 Å². The molecule has 0 aliphatic carbocycles. The SMILES string of the molecule is CC(=O)N[C@H](Cc1cccc(F)c1)C(=O)N[C@@H](Cc1ccccc1Br)C(N)=O. The molecule has 2 atom stereocenters. The Kier molecular flexibility index (Phi) is 7.69. The third-order valence-corrected chi connectivity index (χ3v) is 4.84. The normalized spacial score (nSPS) is 12.7. The van der Waals surface area contributed by atoms with Crippen LogP contribution in [0.25, 0.3) is 0 Å².